The molecule has 0 amide bonds. The summed E-state index contributed by atoms with van der Waals surface area (Å²) in [7, 11) is 4.19. The number of hydrogen-bond acceptors (Lipinski definition) is 2. The molecule has 0 aliphatic carbocycles. The van der Waals surface area contributed by atoms with Gasteiger partial charge < -0.3 is 0 Å². The van der Waals surface area contributed by atoms with E-state index < -0.39 is 0 Å². The maximum atomic E-state index is 4.56. The molecule has 1 aromatic heterocycles. The Bertz CT molecular complexity index is 327. The molecule has 2 heterocycles. The molecular formula is C10H17N3. The molecule has 3 nitrogen and oxygen atoms in total. The van der Waals surface area contributed by atoms with E-state index in [9.17, 15) is 0 Å². The normalized spacial score (nSPS) is 23.2. The molecule has 0 fully saturated rings. The Morgan fingerprint density at radius 2 is 2.08 bits per heavy atom. The lowest BCUT2D eigenvalue weighted by molar-refractivity contribution is 0.242. The fraction of sp³-hybridized carbons (Fsp3) is 0.700. The zero-order chi connectivity index (χ0) is 9.59. The first-order chi connectivity index (χ1) is 6.11. The van der Waals surface area contributed by atoms with Crippen LogP contribution in [-0.2, 0) is 13.5 Å². The Balaban J connectivity index is 2.49. The molecule has 0 N–H and O–H groups in total. The largest absolute Gasteiger partial charge is 0.298 e. The zero-order valence-corrected chi connectivity index (χ0v) is 8.83. The minimum absolute atomic E-state index is 0.476. The first-order valence-corrected chi connectivity index (χ1v) is 4.84. The van der Waals surface area contributed by atoms with Crippen molar-refractivity contribution in [3.8, 4) is 0 Å². The van der Waals surface area contributed by atoms with Crippen LogP contribution in [0.2, 0.25) is 0 Å². The smallest absolute Gasteiger partial charge is 0.0828 e. The van der Waals surface area contributed by atoms with Gasteiger partial charge in [-0.05, 0) is 32.9 Å². The molecule has 1 aromatic rings. The van der Waals surface area contributed by atoms with Crippen LogP contribution in [0, 0.1) is 6.92 Å². The van der Waals surface area contributed by atoms with E-state index in [4.69, 9.17) is 0 Å². The fourth-order valence-corrected chi connectivity index (χ4v) is 2.01. The molecule has 2 rings (SSSR count). The maximum Gasteiger partial charge on any atom is 0.0828 e. The van der Waals surface area contributed by atoms with E-state index in [-0.39, 0.29) is 0 Å². The lowest BCUT2D eigenvalue weighted by Crippen LogP contribution is -2.30. The van der Waals surface area contributed by atoms with Crippen molar-refractivity contribution in [2.45, 2.75) is 26.3 Å². The molecule has 0 bridgehead atoms. The number of rotatable bonds is 0. The molecule has 1 aliphatic rings. The van der Waals surface area contributed by atoms with Crippen molar-refractivity contribution in [1.82, 2.24) is 14.7 Å². The Morgan fingerprint density at radius 1 is 1.38 bits per heavy atom. The summed E-state index contributed by atoms with van der Waals surface area (Å²) in [6, 6.07) is 0.476. The van der Waals surface area contributed by atoms with Gasteiger partial charge in [-0.1, -0.05) is 0 Å². The van der Waals surface area contributed by atoms with Crippen molar-refractivity contribution in [3.05, 3.63) is 17.0 Å². The monoisotopic (exact) mass is 179 g/mol. The second kappa shape index (κ2) is 2.84. The van der Waals surface area contributed by atoms with Crippen LogP contribution < -0.4 is 0 Å². The summed E-state index contributed by atoms with van der Waals surface area (Å²) in [5.74, 6) is 0. The molecule has 72 valence electrons. The van der Waals surface area contributed by atoms with Gasteiger partial charge in [0.15, 0.2) is 0 Å². The predicted molar refractivity (Wildman–Crippen MR) is 52.7 cm³/mol. The average molecular weight is 179 g/mol. The van der Waals surface area contributed by atoms with Crippen LogP contribution >= 0.6 is 0 Å². The van der Waals surface area contributed by atoms with E-state index in [1.54, 1.807) is 0 Å². The Kier molecular flexibility index (Phi) is 1.91. The van der Waals surface area contributed by atoms with E-state index in [0.717, 1.165) is 13.0 Å². The first-order valence-electron chi connectivity index (χ1n) is 4.84. The van der Waals surface area contributed by atoms with Gasteiger partial charge >= 0.3 is 0 Å². The van der Waals surface area contributed by atoms with E-state index in [1.165, 1.54) is 17.0 Å². The molecule has 3 heteroatoms. The third-order valence-corrected chi connectivity index (χ3v) is 3.26. The van der Waals surface area contributed by atoms with Crippen LogP contribution in [0.15, 0.2) is 0 Å². The molecule has 0 saturated carbocycles. The molecule has 0 radical (unpaired) electrons. The summed E-state index contributed by atoms with van der Waals surface area (Å²) in [5, 5.41) is 4.56. The minimum atomic E-state index is 0.476. The third-order valence-electron chi connectivity index (χ3n) is 3.26. The number of hydrogen-bond donors (Lipinski definition) is 0. The Labute approximate surface area is 79.3 Å². The number of fused-ring (bicyclic) bond motifs is 1. The SMILES string of the molecule is Cc1c2c(nn1C)C(C)N(C)CC2. The minimum Gasteiger partial charge on any atom is -0.298 e. The van der Waals surface area contributed by atoms with Gasteiger partial charge in [-0.2, -0.15) is 5.10 Å². The van der Waals surface area contributed by atoms with Crippen molar-refractivity contribution in [3.63, 3.8) is 0 Å². The highest BCUT2D eigenvalue weighted by molar-refractivity contribution is 5.30. The summed E-state index contributed by atoms with van der Waals surface area (Å²) >= 11 is 0. The van der Waals surface area contributed by atoms with Gasteiger partial charge in [-0.15, -0.1) is 0 Å². The number of likely N-dealkylation sites (N-methyl/N-ethyl adjacent to an activating group) is 1. The summed E-state index contributed by atoms with van der Waals surface area (Å²) in [5.41, 5.74) is 4.07. The van der Waals surface area contributed by atoms with Crippen molar-refractivity contribution in [2.24, 2.45) is 7.05 Å². The van der Waals surface area contributed by atoms with Crippen molar-refractivity contribution in [1.29, 1.82) is 0 Å². The predicted octanol–water partition coefficient (Wildman–Crippen LogP) is 1.28. The van der Waals surface area contributed by atoms with E-state index in [1.807, 2.05) is 11.7 Å². The van der Waals surface area contributed by atoms with Crippen LogP contribution in [0.1, 0.15) is 29.9 Å². The molecule has 1 aliphatic heterocycles. The Morgan fingerprint density at radius 3 is 2.77 bits per heavy atom. The van der Waals surface area contributed by atoms with E-state index >= 15 is 0 Å². The van der Waals surface area contributed by atoms with Gasteiger partial charge in [0.2, 0.25) is 0 Å². The third kappa shape index (κ3) is 1.18. The molecule has 1 unspecified atom stereocenters. The molecular weight excluding hydrogens is 162 g/mol. The van der Waals surface area contributed by atoms with Crippen molar-refractivity contribution < 1.29 is 0 Å². The molecule has 0 spiro atoms. The van der Waals surface area contributed by atoms with Gasteiger partial charge in [0.1, 0.15) is 0 Å². The number of aryl methyl sites for hydroxylation is 1. The van der Waals surface area contributed by atoms with Crippen LogP contribution in [0.4, 0.5) is 0 Å². The highest BCUT2D eigenvalue weighted by atomic mass is 15.3. The zero-order valence-electron chi connectivity index (χ0n) is 8.83. The topological polar surface area (TPSA) is 21.1 Å². The van der Waals surface area contributed by atoms with Crippen LogP contribution in [0.25, 0.3) is 0 Å². The van der Waals surface area contributed by atoms with Crippen LogP contribution in [-0.4, -0.2) is 28.3 Å². The van der Waals surface area contributed by atoms with Gasteiger partial charge in [0.05, 0.1) is 11.7 Å². The standard InChI is InChI=1S/C10H17N3/c1-7-9-5-6-12(3)8(2)10(9)11-13(7)4/h8H,5-6H2,1-4H3. The number of aromatic nitrogens is 2. The van der Waals surface area contributed by atoms with E-state index in [0.29, 0.717) is 6.04 Å². The van der Waals surface area contributed by atoms with Crippen LogP contribution in [0.3, 0.4) is 0 Å². The summed E-state index contributed by atoms with van der Waals surface area (Å²) < 4.78 is 2.00. The van der Waals surface area contributed by atoms with Crippen molar-refractivity contribution in [2.75, 3.05) is 13.6 Å². The van der Waals surface area contributed by atoms with Crippen molar-refractivity contribution >= 4 is 0 Å². The second-order valence-corrected chi connectivity index (χ2v) is 3.98. The lowest BCUT2D eigenvalue weighted by atomic mass is 10.00. The lowest BCUT2D eigenvalue weighted by Gasteiger charge is -2.28. The molecule has 1 atom stereocenters. The summed E-state index contributed by atoms with van der Waals surface area (Å²) in [4.78, 5) is 2.36. The maximum absolute atomic E-state index is 4.56. The number of nitrogens with zero attached hydrogens (tertiary/aromatic N) is 3. The summed E-state index contributed by atoms with van der Waals surface area (Å²) in [6.07, 6.45) is 1.15. The highest BCUT2D eigenvalue weighted by Crippen LogP contribution is 2.28. The summed E-state index contributed by atoms with van der Waals surface area (Å²) in [6.45, 7) is 5.54. The quantitative estimate of drug-likeness (QED) is 0.598. The van der Waals surface area contributed by atoms with Gasteiger partial charge in [0, 0.05) is 19.3 Å². The van der Waals surface area contributed by atoms with Gasteiger partial charge in [0.25, 0.3) is 0 Å². The fourth-order valence-electron chi connectivity index (χ4n) is 2.01. The second-order valence-electron chi connectivity index (χ2n) is 3.98. The molecule has 0 aromatic carbocycles. The van der Waals surface area contributed by atoms with Crippen LogP contribution in [0.5, 0.6) is 0 Å². The van der Waals surface area contributed by atoms with Gasteiger partial charge in [-0.3, -0.25) is 9.58 Å². The Hall–Kier alpha value is -0.830. The first kappa shape index (κ1) is 8.75. The van der Waals surface area contributed by atoms with Gasteiger partial charge in [-0.25, -0.2) is 0 Å². The van der Waals surface area contributed by atoms with E-state index in [2.05, 4.69) is 30.9 Å². The molecule has 0 saturated heterocycles. The highest BCUT2D eigenvalue weighted by Gasteiger charge is 2.25. The molecule has 13 heavy (non-hydrogen) atoms. The average Bonchev–Trinajstić information content (AvgIpc) is 2.38.